The van der Waals surface area contributed by atoms with Crippen molar-refractivity contribution in [1.82, 2.24) is 19.4 Å². The van der Waals surface area contributed by atoms with Crippen molar-refractivity contribution in [2.45, 2.75) is 25.3 Å². The van der Waals surface area contributed by atoms with Crippen molar-refractivity contribution in [2.24, 2.45) is 11.7 Å². The Morgan fingerprint density at radius 2 is 1.97 bits per heavy atom. The van der Waals surface area contributed by atoms with Crippen LogP contribution in [0.4, 0.5) is 0 Å². The fourth-order valence-corrected chi connectivity index (χ4v) is 4.30. The van der Waals surface area contributed by atoms with Gasteiger partial charge in [-0.05, 0) is 67.6 Å². The van der Waals surface area contributed by atoms with Gasteiger partial charge >= 0.3 is 0 Å². The third-order valence-electron chi connectivity index (χ3n) is 6.38. The zero-order chi connectivity index (χ0) is 21.7. The molecule has 1 unspecified atom stereocenters. The minimum absolute atomic E-state index is 0.0317. The normalized spacial score (nSPS) is 18.5. The predicted molar refractivity (Wildman–Crippen MR) is 123 cm³/mol. The molecule has 2 aromatic heterocycles. The van der Waals surface area contributed by atoms with Crippen LogP contribution in [0.3, 0.4) is 0 Å². The molecule has 7 heteroatoms. The van der Waals surface area contributed by atoms with Crippen LogP contribution < -0.4 is 10.5 Å². The van der Waals surface area contributed by atoms with Crippen LogP contribution in [0, 0.1) is 5.92 Å². The number of nitrogens with zero attached hydrogens (tertiary/aromatic N) is 4. The molecule has 1 atom stereocenters. The highest BCUT2D eigenvalue weighted by molar-refractivity contribution is 5.98. The number of benzene rings is 2. The Labute approximate surface area is 185 Å². The number of hydrogen-bond donors (Lipinski definition) is 1. The minimum atomic E-state index is 0.0317. The second-order valence-electron chi connectivity index (χ2n) is 8.90. The first-order chi connectivity index (χ1) is 15.6. The lowest BCUT2D eigenvalue weighted by atomic mass is 10.1. The molecule has 0 bridgehead atoms. The van der Waals surface area contributed by atoms with Gasteiger partial charge in [-0.15, -0.1) is 0 Å². The molecule has 162 valence electrons. The van der Waals surface area contributed by atoms with Crippen molar-refractivity contribution in [3.8, 4) is 11.6 Å². The van der Waals surface area contributed by atoms with E-state index in [1.807, 2.05) is 58.0 Å². The van der Waals surface area contributed by atoms with Crippen molar-refractivity contribution in [3.63, 3.8) is 0 Å². The number of ether oxygens (including phenoxy) is 1. The lowest BCUT2D eigenvalue weighted by Gasteiger charge is -2.16. The van der Waals surface area contributed by atoms with Crippen LogP contribution in [0.15, 0.2) is 54.9 Å². The number of likely N-dealkylation sites (tertiary alicyclic amines) is 1. The van der Waals surface area contributed by atoms with Crippen LogP contribution in [0.2, 0.25) is 0 Å². The summed E-state index contributed by atoms with van der Waals surface area (Å²) < 4.78 is 7.86. The van der Waals surface area contributed by atoms with E-state index in [2.05, 4.69) is 4.98 Å². The van der Waals surface area contributed by atoms with Crippen LogP contribution >= 0.6 is 0 Å². The maximum Gasteiger partial charge on any atom is 0.253 e. The molecule has 3 heterocycles. The predicted octanol–water partition coefficient (Wildman–Crippen LogP) is 3.54. The van der Waals surface area contributed by atoms with Crippen LogP contribution in [-0.2, 0) is 0 Å². The second kappa shape index (κ2) is 7.60. The number of imidazole rings is 1. The number of pyridine rings is 1. The number of carbonyl (C=O) groups is 1. The van der Waals surface area contributed by atoms with Crippen molar-refractivity contribution in [1.29, 1.82) is 0 Å². The van der Waals surface area contributed by atoms with E-state index in [-0.39, 0.29) is 11.9 Å². The summed E-state index contributed by atoms with van der Waals surface area (Å²) in [5.41, 5.74) is 9.32. The van der Waals surface area contributed by atoms with E-state index in [1.165, 1.54) is 12.8 Å². The molecule has 1 amide bonds. The first-order valence-corrected chi connectivity index (χ1v) is 11.2. The minimum Gasteiger partial charge on any atom is -0.493 e. The molecule has 2 aliphatic rings. The van der Waals surface area contributed by atoms with E-state index in [1.54, 1.807) is 6.33 Å². The first kappa shape index (κ1) is 19.3. The van der Waals surface area contributed by atoms with Crippen LogP contribution in [0.1, 0.15) is 29.6 Å². The first-order valence-electron chi connectivity index (χ1n) is 11.2. The zero-order valence-corrected chi connectivity index (χ0v) is 17.8. The van der Waals surface area contributed by atoms with E-state index >= 15 is 0 Å². The van der Waals surface area contributed by atoms with Gasteiger partial charge in [0.25, 0.3) is 5.91 Å². The second-order valence-corrected chi connectivity index (χ2v) is 8.90. The summed E-state index contributed by atoms with van der Waals surface area (Å²) in [5.74, 6) is 2.39. The average Bonchev–Trinajstić information content (AvgIpc) is 3.40. The standard InChI is InChI=1S/C25H25N5O2/c26-19-9-10-29(13-19)25(31)18-3-6-21-17(11-18)4-8-24(28-21)30-15-27-22-12-20(5-7-23(22)30)32-14-16-1-2-16/h3-8,11-12,15-16,19H,1-2,9-10,13-14,26H2. The fraction of sp³-hybridized carbons (Fsp3) is 0.320. The maximum atomic E-state index is 12.8. The summed E-state index contributed by atoms with van der Waals surface area (Å²) >= 11 is 0. The number of nitrogens with two attached hydrogens (primary N) is 1. The Balaban J connectivity index is 1.27. The van der Waals surface area contributed by atoms with Gasteiger partial charge in [0.1, 0.15) is 17.9 Å². The molecular formula is C25H25N5O2. The van der Waals surface area contributed by atoms with Crippen molar-refractivity contribution in [3.05, 3.63) is 60.4 Å². The molecule has 2 N–H and O–H groups in total. The molecule has 1 aliphatic carbocycles. The molecule has 6 rings (SSSR count). The smallest absolute Gasteiger partial charge is 0.253 e. The molecule has 0 radical (unpaired) electrons. The average molecular weight is 428 g/mol. The van der Waals surface area contributed by atoms with Gasteiger partial charge in [-0.1, -0.05) is 0 Å². The van der Waals surface area contributed by atoms with E-state index in [9.17, 15) is 4.79 Å². The van der Waals surface area contributed by atoms with Gasteiger partial charge in [0.2, 0.25) is 0 Å². The van der Waals surface area contributed by atoms with Gasteiger partial charge in [0, 0.05) is 36.1 Å². The van der Waals surface area contributed by atoms with E-state index in [0.29, 0.717) is 18.0 Å². The van der Waals surface area contributed by atoms with Gasteiger partial charge in [-0.3, -0.25) is 9.36 Å². The summed E-state index contributed by atoms with van der Waals surface area (Å²) in [5, 5.41) is 0.934. The third kappa shape index (κ3) is 3.58. The van der Waals surface area contributed by atoms with Crippen molar-refractivity contribution < 1.29 is 9.53 Å². The van der Waals surface area contributed by atoms with Gasteiger partial charge < -0.3 is 15.4 Å². The molecule has 1 saturated carbocycles. The topological polar surface area (TPSA) is 86.3 Å². The number of fused-ring (bicyclic) bond motifs is 2. The molecule has 1 saturated heterocycles. The van der Waals surface area contributed by atoms with E-state index < -0.39 is 0 Å². The lowest BCUT2D eigenvalue weighted by Crippen LogP contribution is -2.31. The SMILES string of the molecule is NC1CCN(C(=O)c2ccc3nc(-n4cnc5cc(OCC6CC6)ccc54)ccc3c2)C1. The number of carbonyl (C=O) groups excluding carboxylic acids is 1. The molecular weight excluding hydrogens is 402 g/mol. The lowest BCUT2D eigenvalue weighted by molar-refractivity contribution is 0.0791. The zero-order valence-electron chi connectivity index (χ0n) is 17.8. The monoisotopic (exact) mass is 427 g/mol. The van der Waals surface area contributed by atoms with Gasteiger partial charge in [-0.2, -0.15) is 0 Å². The summed E-state index contributed by atoms with van der Waals surface area (Å²) in [6.07, 6.45) is 5.19. The summed E-state index contributed by atoms with van der Waals surface area (Å²) in [4.78, 5) is 24.0. The largest absolute Gasteiger partial charge is 0.493 e. The van der Waals surface area contributed by atoms with Gasteiger partial charge in [0.15, 0.2) is 0 Å². The number of aromatic nitrogens is 3. The Kier molecular flexibility index (Phi) is 4.57. The molecule has 2 fully saturated rings. The van der Waals surface area contributed by atoms with Crippen LogP contribution in [0.5, 0.6) is 5.75 Å². The van der Waals surface area contributed by atoms with Crippen LogP contribution in [0.25, 0.3) is 27.8 Å². The highest BCUT2D eigenvalue weighted by Gasteiger charge is 2.25. The summed E-state index contributed by atoms with van der Waals surface area (Å²) in [7, 11) is 0. The Morgan fingerprint density at radius 1 is 1.06 bits per heavy atom. The molecule has 1 aliphatic heterocycles. The molecule has 4 aromatic rings. The maximum absolute atomic E-state index is 12.8. The Morgan fingerprint density at radius 3 is 2.78 bits per heavy atom. The summed E-state index contributed by atoms with van der Waals surface area (Å²) in [6.45, 7) is 2.12. The molecule has 0 spiro atoms. The fourth-order valence-electron chi connectivity index (χ4n) is 4.30. The van der Waals surface area contributed by atoms with Gasteiger partial charge in [-0.25, -0.2) is 9.97 Å². The Bertz CT molecular complexity index is 1330. The number of amides is 1. The van der Waals surface area contributed by atoms with Gasteiger partial charge in [0.05, 0.1) is 23.2 Å². The van der Waals surface area contributed by atoms with Crippen molar-refractivity contribution >= 4 is 27.8 Å². The summed E-state index contributed by atoms with van der Waals surface area (Å²) in [6, 6.07) is 15.7. The van der Waals surface area contributed by atoms with E-state index in [0.717, 1.165) is 53.1 Å². The van der Waals surface area contributed by atoms with Crippen LogP contribution in [-0.4, -0.2) is 51.1 Å². The highest BCUT2D eigenvalue weighted by atomic mass is 16.5. The number of rotatable bonds is 5. The van der Waals surface area contributed by atoms with E-state index in [4.69, 9.17) is 15.5 Å². The molecule has 2 aromatic carbocycles. The van der Waals surface area contributed by atoms with Crippen molar-refractivity contribution in [2.75, 3.05) is 19.7 Å². The number of hydrogen-bond acceptors (Lipinski definition) is 5. The quantitative estimate of drug-likeness (QED) is 0.527. The molecule has 7 nitrogen and oxygen atoms in total. The Hall–Kier alpha value is -3.45. The molecule has 32 heavy (non-hydrogen) atoms. The highest BCUT2D eigenvalue weighted by Crippen LogP contribution is 2.30. The third-order valence-corrected chi connectivity index (χ3v) is 6.38.